The molecule has 2 heterocycles. The SMILES string of the molecule is CN(C)c1nc(NC2CCC(NCCC3CCCCN3)CC2)nc2ccccc12. The third kappa shape index (κ3) is 5.37. The molecule has 29 heavy (non-hydrogen) atoms. The molecule has 1 saturated heterocycles. The fraction of sp³-hybridized carbons (Fsp3) is 0.652. The highest BCUT2D eigenvalue weighted by Crippen LogP contribution is 2.26. The van der Waals surface area contributed by atoms with E-state index in [1.165, 1.54) is 57.9 Å². The van der Waals surface area contributed by atoms with E-state index in [2.05, 4.69) is 33.0 Å². The summed E-state index contributed by atoms with van der Waals surface area (Å²) < 4.78 is 0. The van der Waals surface area contributed by atoms with Crippen LogP contribution in [0.5, 0.6) is 0 Å². The predicted octanol–water partition coefficient (Wildman–Crippen LogP) is 3.54. The minimum atomic E-state index is 0.462. The number of fused-ring (bicyclic) bond motifs is 1. The summed E-state index contributed by atoms with van der Waals surface area (Å²) in [5.41, 5.74) is 1.00. The quantitative estimate of drug-likeness (QED) is 0.665. The van der Waals surface area contributed by atoms with Crippen LogP contribution in [0.2, 0.25) is 0 Å². The maximum absolute atomic E-state index is 4.80. The summed E-state index contributed by atoms with van der Waals surface area (Å²) in [4.78, 5) is 11.6. The van der Waals surface area contributed by atoms with Crippen molar-refractivity contribution in [3.8, 4) is 0 Å². The van der Waals surface area contributed by atoms with E-state index in [-0.39, 0.29) is 0 Å². The molecule has 2 aliphatic rings. The van der Waals surface area contributed by atoms with Crippen LogP contribution in [0.4, 0.5) is 11.8 Å². The van der Waals surface area contributed by atoms with Gasteiger partial charge < -0.3 is 20.9 Å². The second kappa shape index (κ2) is 9.72. The highest BCUT2D eigenvalue weighted by molar-refractivity contribution is 5.90. The zero-order valence-electron chi connectivity index (χ0n) is 18.0. The third-order valence-electron chi connectivity index (χ3n) is 6.41. The van der Waals surface area contributed by atoms with Crippen molar-refractivity contribution in [3.63, 3.8) is 0 Å². The Bertz CT molecular complexity index is 778. The maximum atomic E-state index is 4.80. The summed E-state index contributed by atoms with van der Waals surface area (Å²) in [6, 6.07) is 10.1. The van der Waals surface area contributed by atoms with Gasteiger partial charge in [-0.15, -0.1) is 0 Å². The molecule has 6 heteroatoms. The highest BCUT2D eigenvalue weighted by atomic mass is 15.2. The Balaban J connectivity index is 1.27. The summed E-state index contributed by atoms with van der Waals surface area (Å²) in [6.07, 6.45) is 10.1. The zero-order chi connectivity index (χ0) is 20.1. The molecule has 1 aromatic heterocycles. The molecule has 6 nitrogen and oxygen atoms in total. The molecule has 0 amide bonds. The molecule has 0 spiro atoms. The fourth-order valence-corrected chi connectivity index (χ4v) is 4.72. The number of para-hydroxylation sites is 1. The lowest BCUT2D eigenvalue weighted by molar-refractivity contribution is 0.329. The van der Waals surface area contributed by atoms with Gasteiger partial charge >= 0.3 is 0 Å². The summed E-state index contributed by atoms with van der Waals surface area (Å²) in [5.74, 6) is 1.73. The second-order valence-corrected chi connectivity index (χ2v) is 8.86. The number of anilines is 2. The topological polar surface area (TPSA) is 65.1 Å². The molecule has 3 N–H and O–H groups in total. The minimum Gasteiger partial charge on any atom is -0.362 e. The number of benzene rings is 1. The molecular weight excluding hydrogens is 360 g/mol. The number of rotatable bonds is 7. The van der Waals surface area contributed by atoms with Crippen molar-refractivity contribution >= 4 is 22.7 Å². The molecule has 1 aliphatic heterocycles. The Morgan fingerprint density at radius 3 is 2.55 bits per heavy atom. The Morgan fingerprint density at radius 1 is 1.00 bits per heavy atom. The van der Waals surface area contributed by atoms with Gasteiger partial charge in [0.1, 0.15) is 5.82 Å². The van der Waals surface area contributed by atoms with Crippen LogP contribution in [0.1, 0.15) is 51.4 Å². The van der Waals surface area contributed by atoms with Gasteiger partial charge in [-0.2, -0.15) is 4.98 Å². The van der Waals surface area contributed by atoms with Crippen molar-refractivity contribution in [2.24, 2.45) is 0 Å². The van der Waals surface area contributed by atoms with Gasteiger partial charge in [-0.3, -0.25) is 0 Å². The van der Waals surface area contributed by atoms with Crippen LogP contribution in [-0.4, -0.2) is 55.3 Å². The molecule has 1 aromatic carbocycles. The lowest BCUT2D eigenvalue weighted by Crippen LogP contribution is -2.41. The molecule has 1 aliphatic carbocycles. The van der Waals surface area contributed by atoms with Crippen molar-refractivity contribution in [3.05, 3.63) is 24.3 Å². The molecular formula is C23H36N6. The monoisotopic (exact) mass is 396 g/mol. The Kier molecular flexibility index (Phi) is 6.82. The fourth-order valence-electron chi connectivity index (χ4n) is 4.72. The highest BCUT2D eigenvalue weighted by Gasteiger charge is 2.22. The predicted molar refractivity (Wildman–Crippen MR) is 122 cm³/mol. The zero-order valence-corrected chi connectivity index (χ0v) is 18.0. The molecule has 158 valence electrons. The normalized spacial score (nSPS) is 25.1. The van der Waals surface area contributed by atoms with Crippen LogP contribution >= 0.6 is 0 Å². The van der Waals surface area contributed by atoms with Crippen molar-refractivity contribution < 1.29 is 0 Å². The molecule has 0 radical (unpaired) electrons. The number of hydrogen-bond donors (Lipinski definition) is 3. The van der Waals surface area contributed by atoms with Crippen molar-refractivity contribution in [1.82, 2.24) is 20.6 Å². The van der Waals surface area contributed by atoms with E-state index in [1.54, 1.807) is 0 Å². The number of nitrogens with zero attached hydrogens (tertiary/aromatic N) is 3. The Hall–Kier alpha value is -1.92. The van der Waals surface area contributed by atoms with Crippen LogP contribution in [0.3, 0.4) is 0 Å². The molecule has 1 saturated carbocycles. The molecule has 2 fully saturated rings. The van der Waals surface area contributed by atoms with E-state index in [0.717, 1.165) is 35.3 Å². The van der Waals surface area contributed by atoms with Gasteiger partial charge in [0.2, 0.25) is 5.95 Å². The summed E-state index contributed by atoms with van der Waals surface area (Å²) >= 11 is 0. The molecule has 2 aromatic rings. The molecule has 0 bridgehead atoms. The van der Waals surface area contributed by atoms with Crippen molar-refractivity contribution in [2.75, 3.05) is 37.4 Å². The van der Waals surface area contributed by atoms with Crippen LogP contribution in [0, 0.1) is 0 Å². The van der Waals surface area contributed by atoms with E-state index in [9.17, 15) is 0 Å². The molecule has 1 unspecified atom stereocenters. The average Bonchev–Trinajstić information content (AvgIpc) is 2.75. The Labute approximate surface area is 174 Å². The van der Waals surface area contributed by atoms with E-state index < -0.39 is 0 Å². The first-order valence-electron chi connectivity index (χ1n) is 11.4. The number of nitrogens with one attached hydrogen (secondary N) is 3. The standard InChI is InChI=1S/C23H36N6/c1-29(2)22-20-8-3-4-9-21(20)27-23(28-22)26-19-12-10-18(11-13-19)25-16-14-17-7-5-6-15-24-17/h3-4,8-9,17-19,24-25H,5-7,10-16H2,1-2H3,(H,26,27,28). The van der Waals surface area contributed by atoms with Gasteiger partial charge in [0.15, 0.2) is 0 Å². The smallest absolute Gasteiger partial charge is 0.225 e. The summed E-state index contributed by atoms with van der Waals surface area (Å²) in [5, 5.41) is 12.2. The lowest BCUT2D eigenvalue weighted by Gasteiger charge is -2.31. The van der Waals surface area contributed by atoms with Crippen molar-refractivity contribution in [1.29, 1.82) is 0 Å². The third-order valence-corrected chi connectivity index (χ3v) is 6.41. The Morgan fingerprint density at radius 2 is 1.79 bits per heavy atom. The van der Waals surface area contributed by atoms with Crippen molar-refractivity contribution in [2.45, 2.75) is 69.5 Å². The van der Waals surface area contributed by atoms with E-state index in [1.807, 2.05) is 26.2 Å². The van der Waals surface area contributed by atoms with Gasteiger partial charge in [0, 0.05) is 37.6 Å². The van der Waals surface area contributed by atoms with Gasteiger partial charge in [-0.05, 0) is 70.2 Å². The maximum Gasteiger partial charge on any atom is 0.225 e. The average molecular weight is 397 g/mol. The lowest BCUT2D eigenvalue weighted by atomic mass is 9.91. The van der Waals surface area contributed by atoms with Crippen LogP contribution in [0.25, 0.3) is 10.9 Å². The first-order valence-corrected chi connectivity index (χ1v) is 11.4. The first kappa shape index (κ1) is 20.4. The van der Waals surface area contributed by atoms with Gasteiger partial charge in [-0.1, -0.05) is 18.6 Å². The van der Waals surface area contributed by atoms with Crippen LogP contribution in [0.15, 0.2) is 24.3 Å². The largest absolute Gasteiger partial charge is 0.362 e. The van der Waals surface area contributed by atoms with Gasteiger partial charge in [-0.25, -0.2) is 4.98 Å². The van der Waals surface area contributed by atoms with E-state index in [4.69, 9.17) is 9.97 Å². The molecule has 1 atom stereocenters. The number of hydrogen-bond acceptors (Lipinski definition) is 6. The van der Waals surface area contributed by atoms with E-state index >= 15 is 0 Å². The first-order chi connectivity index (χ1) is 14.2. The van der Waals surface area contributed by atoms with E-state index in [0.29, 0.717) is 12.1 Å². The van der Waals surface area contributed by atoms with Crippen LogP contribution < -0.4 is 20.9 Å². The van der Waals surface area contributed by atoms with Gasteiger partial charge in [0.25, 0.3) is 0 Å². The molecule has 4 rings (SSSR count). The minimum absolute atomic E-state index is 0.462. The second-order valence-electron chi connectivity index (χ2n) is 8.86. The number of piperidine rings is 1. The van der Waals surface area contributed by atoms with Crippen LogP contribution in [-0.2, 0) is 0 Å². The summed E-state index contributed by atoms with van der Waals surface area (Å²) in [6.45, 7) is 2.34. The summed E-state index contributed by atoms with van der Waals surface area (Å²) in [7, 11) is 4.08. The van der Waals surface area contributed by atoms with Gasteiger partial charge in [0.05, 0.1) is 5.52 Å². The number of aromatic nitrogens is 2.